The highest BCUT2D eigenvalue weighted by Gasteiger charge is 2.53. The van der Waals surface area contributed by atoms with Crippen LogP contribution in [0, 0.1) is 6.92 Å². The third kappa shape index (κ3) is 1.22. The van der Waals surface area contributed by atoms with E-state index in [4.69, 9.17) is 0 Å². The number of rotatable bonds is 1. The monoisotopic (exact) mass is 237 g/mol. The number of sulfonamides is 1. The van der Waals surface area contributed by atoms with Crippen molar-refractivity contribution in [1.29, 1.82) is 0 Å². The van der Waals surface area contributed by atoms with Crippen molar-refractivity contribution < 1.29 is 8.42 Å². The quantitative estimate of drug-likeness (QED) is 0.747. The minimum absolute atomic E-state index is 0.143. The molecule has 1 aliphatic carbocycles. The van der Waals surface area contributed by atoms with Gasteiger partial charge in [0.1, 0.15) is 0 Å². The summed E-state index contributed by atoms with van der Waals surface area (Å²) in [6.45, 7) is 2.63. The topological polar surface area (TPSA) is 37.4 Å². The minimum atomic E-state index is -3.14. The van der Waals surface area contributed by atoms with Gasteiger partial charge in [-0.15, -0.1) is 0 Å². The van der Waals surface area contributed by atoms with E-state index in [1.807, 2.05) is 19.1 Å². The highest BCUT2D eigenvalue weighted by Crippen LogP contribution is 2.57. The predicted molar refractivity (Wildman–Crippen MR) is 64.3 cm³/mol. The molecule has 0 bridgehead atoms. The number of benzene rings is 1. The average Bonchev–Trinajstić information content (AvgIpc) is 2.84. The average molecular weight is 237 g/mol. The molecule has 0 N–H and O–H groups in total. The molecule has 0 aromatic heterocycles. The van der Waals surface area contributed by atoms with Crippen LogP contribution in [0.4, 0.5) is 5.69 Å². The van der Waals surface area contributed by atoms with Gasteiger partial charge in [-0.05, 0) is 30.9 Å². The Morgan fingerprint density at radius 2 is 2.00 bits per heavy atom. The third-order valence-electron chi connectivity index (χ3n) is 3.76. The van der Waals surface area contributed by atoms with Gasteiger partial charge in [0.2, 0.25) is 10.0 Å². The van der Waals surface area contributed by atoms with E-state index < -0.39 is 10.0 Å². The molecule has 3 rings (SSSR count). The number of anilines is 1. The molecule has 86 valence electrons. The van der Waals surface area contributed by atoms with Crippen molar-refractivity contribution >= 4 is 15.7 Å². The second-order valence-corrected chi connectivity index (χ2v) is 6.93. The molecule has 1 aromatic rings. The first-order valence-electron chi connectivity index (χ1n) is 5.52. The van der Waals surface area contributed by atoms with Crippen LogP contribution in [0.2, 0.25) is 0 Å². The van der Waals surface area contributed by atoms with Crippen molar-refractivity contribution in [2.45, 2.75) is 25.2 Å². The summed E-state index contributed by atoms with van der Waals surface area (Å²) in [7, 11) is -3.14. The van der Waals surface area contributed by atoms with Crippen LogP contribution in [0.1, 0.15) is 24.0 Å². The highest BCUT2D eigenvalue weighted by atomic mass is 32.2. The zero-order chi connectivity index (χ0) is 11.6. The molecule has 2 aliphatic rings. The summed E-state index contributed by atoms with van der Waals surface area (Å²) >= 11 is 0. The standard InChI is InChI=1S/C12H15NO2S/c1-9-4-3-5-10-11(9)13(16(2,14)15)8-12(10)6-7-12/h3-5H,6-8H2,1-2H3. The van der Waals surface area contributed by atoms with Gasteiger partial charge in [-0.25, -0.2) is 8.42 Å². The van der Waals surface area contributed by atoms with Gasteiger partial charge in [-0.3, -0.25) is 4.31 Å². The smallest absolute Gasteiger partial charge is 0.232 e. The molecule has 0 saturated heterocycles. The first kappa shape index (κ1) is 10.1. The van der Waals surface area contributed by atoms with E-state index in [1.165, 1.54) is 11.8 Å². The number of aryl methyl sites for hydroxylation is 1. The van der Waals surface area contributed by atoms with E-state index >= 15 is 0 Å². The van der Waals surface area contributed by atoms with E-state index in [1.54, 1.807) is 4.31 Å². The molecular formula is C12H15NO2S. The summed E-state index contributed by atoms with van der Waals surface area (Å²) in [4.78, 5) is 0. The van der Waals surface area contributed by atoms with Crippen LogP contribution in [0.15, 0.2) is 18.2 Å². The van der Waals surface area contributed by atoms with Crippen molar-refractivity contribution in [2.24, 2.45) is 0 Å². The van der Waals surface area contributed by atoms with E-state index in [-0.39, 0.29) is 5.41 Å². The van der Waals surface area contributed by atoms with Crippen molar-refractivity contribution in [3.05, 3.63) is 29.3 Å². The minimum Gasteiger partial charge on any atom is -0.269 e. The van der Waals surface area contributed by atoms with Gasteiger partial charge in [0, 0.05) is 12.0 Å². The van der Waals surface area contributed by atoms with Crippen molar-refractivity contribution in [1.82, 2.24) is 0 Å². The van der Waals surface area contributed by atoms with E-state index in [2.05, 4.69) is 6.07 Å². The third-order valence-corrected chi connectivity index (χ3v) is 4.87. The van der Waals surface area contributed by atoms with Gasteiger partial charge in [0.05, 0.1) is 11.9 Å². The van der Waals surface area contributed by atoms with Gasteiger partial charge >= 0.3 is 0 Å². The molecule has 1 aliphatic heterocycles. The van der Waals surface area contributed by atoms with Crippen LogP contribution in [-0.2, 0) is 15.4 Å². The number of para-hydroxylation sites is 1. The van der Waals surface area contributed by atoms with Gasteiger partial charge in [-0.2, -0.15) is 0 Å². The van der Waals surface area contributed by atoms with Gasteiger partial charge in [-0.1, -0.05) is 18.2 Å². The summed E-state index contributed by atoms with van der Waals surface area (Å²) < 4.78 is 25.2. The number of nitrogens with zero attached hydrogens (tertiary/aromatic N) is 1. The largest absolute Gasteiger partial charge is 0.269 e. The van der Waals surface area contributed by atoms with E-state index in [0.717, 1.165) is 24.1 Å². The fourth-order valence-corrected chi connectivity index (χ4v) is 3.77. The second kappa shape index (κ2) is 2.80. The fourth-order valence-electron chi connectivity index (χ4n) is 2.72. The normalized spacial score (nSPS) is 21.2. The zero-order valence-electron chi connectivity index (χ0n) is 9.53. The molecule has 1 heterocycles. The molecule has 1 spiro atoms. The summed E-state index contributed by atoms with van der Waals surface area (Å²) in [5.41, 5.74) is 3.37. The molecule has 3 nitrogen and oxygen atoms in total. The molecule has 1 fully saturated rings. The zero-order valence-corrected chi connectivity index (χ0v) is 10.3. The Morgan fingerprint density at radius 3 is 2.56 bits per heavy atom. The Hall–Kier alpha value is -1.03. The Labute approximate surface area is 96.1 Å². The van der Waals surface area contributed by atoms with E-state index in [0.29, 0.717) is 6.54 Å². The van der Waals surface area contributed by atoms with Gasteiger partial charge in [0.15, 0.2) is 0 Å². The molecule has 1 saturated carbocycles. The molecular weight excluding hydrogens is 222 g/mol. The van der Waals surface area contributed by atoms with Crippen molar-refractivity contribution in [3.63, 3.8) is 0 Å². The summed E-state index contributed by atoms with van der Waals surface area (Å²) in [6, 6.07) is 6.10. The highest BCUT2D eigenvalue weighted by molar-refractivity contribution is 7.92. The summed E-state index contributed by atoms with van der Waals surface area (Å²) in [6.07, 6.45) is 3.54. The van der Waals surface area contributed by atoms with E-state index in [9.17, 15) is 8.42 Å². The maximum Gasteiger partial charge on any atom is 0.232 e. The molecule has 0 radical (unpaired) electrons. The summed E-state index contributed by atoms with van der Waals surface area (Å²) in [5.74, 6) is 0. The Balaban J connectivity index is 2.25. The lowest BCUT2D eigenvalue weighted by atomic mass is 9.97. The van der Waals surface area contributed by atoms with Gasteiger partial charge in [0.25, 0.3) is 0 Å². The number of fused-ring (bicyclic) bond motifs is 2. The lowest BCUT2D eigenvalue weighted by molar-refractivity contribution is 0.594. The van der Waals surface area contributed by atoms with Crippen LogP contribution in [-0.4, -0.2) is 21.2 Å². The maximum atomic E-state index is 11.8. The molecule has 4 heteroatoms. The van der Waals surface area contributed by atoms with Gasteiger partial charge < -0.3 is 0 Å². The summed E-state index contributed by atoms with van der Waals surface area (Å²) in [5, 5.41) is 0. The molecule has 0 amide bonds. The lowest BCUT2D eigenvalue weighted by Gasteiger charge is -2.18. The Morgan fingerprint density at radius 1 is 1.31 bits per heavy atom. The first-order chi connectivity index (χ1) is 7.44. The Kier molecular flexibility index (Phi) is 1.78. The molecule has 0 unspecified atom stereocenters. The maximum absolute atomic E-state index is 11.8. The lowest BCUT2D eigenvalue weighted by Crippen LogP contribution is -2.30. The second-order valence-electron chi connectivity index (χ2n) is 5.02. The van der Waals surface area contributed by atoms with Crippen LogP contribution in [0.5, 0.6) is 0 Å². The molecule has 1 aromatic carbocycles. The first-order valence-corrected chi connectivity index (χ1v) is 7.37. The van der Waals surface area contributed by atoms with Crippen LogP contribution >= 0.6 is 0 Å². The number of hydrogen-bond donors (Lipinski definition) is 0. The number of hydrogen-bond acceptors (Lipinski definition) is 2. The van der Waals surface area contributed by atoms with Crippen molar-refractivity contribution in [2.75, 3.05) is 17.1 Å². The Bertz CT molecular complexity index is 558. The SMILES string of the molecule is Cc1cccc2c1N(S(C)(=O)=O)CC21CC1. The fraction of sp³-hybridized carbons (Fsp3) is 0.500. The van der Waals surface area contributed by atoms with Crippen LogP contribution < -0.4 is 4.31 Å². The predicted octanol–water partition coefficient (Wildman–Crippen LogP) is 1.81. The molecule has 16 heavy (non-hydrogen) atoms. The van der Waals surface area contributed by atoms with Crippen LogP contribution in [0.3, 0.4) is 0 Å². The van der Waals surface area contributed by atoms with Crippen LogP contribution in [0.25, 0.3) is 0 Å². The van der Waals surface area contributed by atoms with Crippen molar-refractivity contribution in [3.8, 4) is 0 Å². The molecule has 0 atom stereocenters.